The Morgan fingerprint density at radius 1 is 1.50 bits per heavy atom. The number of nitrogens with zero attached hydrogens (tertiary/aromatic N) is 1. The van der Waals surface area contributed by atoms with Crippen molar-refractivity contribution in [3.8, 4) is 0 Å². The number of hydrogen-bond donors (Lipinski definition) is 1. The van der Waals surface area contributed by atoms with Crippen LogP contribution in [0.1, 0.15) is 17.7 Å². The van der Waals surface area contributed by atoms with Gasteiger partial charge in [0.2, 0.25) is 0 Å². The molecule has 3 heterocycles. The van der Waals surface area contributed by atoms with Crippen LogP contribution in [-0.4, -0.2) is 30.6 Å². The molecule has 2 saturated heterocycles. The van der Waals surface area contributed by atoms with Gasteiger partial charge in [-0.2, -0.15) is 0 Å². The Labute approximate surface area is 106 Å². The fraction of sp³-hybridized carbons (Fsp3) is 0.667. The fourth-order valence-electron chi connectivity index (χ4n) is 2.91. The monoisotopic (exact) mass is 256 g/mol. The Balaban J connectivity index is 1.62. The van der Waals surface area contributed by atoms with Crippen LogP contribution in [0.3, 0.4) is 0 Å². The standard InChI is InChI=1S/C12H17ClN2S/c13-10-3-6-16-12(10)8-15-5-2-11-9(7-15)1-4-14-11/h3,6,9,11,14H,1-2,4-5,7-8H2. The molecule has 0 amide bonds. The van der Waals surface area contributed by atoms with E-state index in [1.165, 1.54) is 37.4 Å². The molecule has 0 radical (unpaired) electrons. The highest BCUT2D eigenvalue weighted by Crippen LogP contribution is 2.28. The molecule has 1 aromatic heterocycles. The molecule has 1 aromatic rings. The first-order valence-electron chi connectivity index (χ1n) is 6.00. The Bertz CT molecular complexity index is 366. The zero-order chi connectivity index (χ0) is 11.0. The maximum Gasteiger partial charge on any atom is 0.0558 e. The van der Waals surface area contributed by atoms with E-state index in [4.69, 9.17) is 11.6 Å². The van der Waals surface area contributed by atoms with Crippen molar-refractivity contribution in [1.82, 2.24) is 10.2 Å². The van der Waals surface area contributed by atoms with Gasteiger partial charge in [0.25, 0.3) is 0 Å². The second kappa shape index (κ2) is 4.65. The van der Waals surface area contributed by atoms with E-state index >= 15 is 0 Å². The topological polar surface area (TPSA) is 15.3 Å². The Hall–Kier alpha value is -0.0900. The van der Waals surface area contributed by atoms with Crippen LogP contribution in [0.25, 0.3) is 0 Å². The van der Waals surface area contributed by atoms with Crippen molar-refractivity contribution in [2.24, 2.45) is 5.92 Å². The SMILES string of the molecule is Clc1ccsc1CN1CCC2NCCC2C1. The van der Waals surface area contributed by atoms with Gasteiger partial charge >= 0.3 is 0 Å². The molecule has 1 N–H and O–H groups in total. The first-order chi connectivity index (χ1) is 7.83. The molecular formula is C12H17ClN2S. The lowest BCUT2D eigenvalue weighted by Crippen LogP contribution is -2.43. The quantitative estimate of drug-likeness (QED) is 0.875. The van der Waals surface area contributed by atoms with Crippen molar-refractivity contribution in [2.75, 3.05) is 19.6 Å². The van der Waals surface area contributed by atoms with Gasteiger partial charge in [-0.25, -0.2) is 0 Å². The first-order valence-corrected chi connectivity index (χ1v) is 7.26. The number of fused-ring (bicyclic) bond motifs is 1. The molecule has 88 valence electrons. The molecule has 0 aromatic carbocycles. The lowest BCUT2D eigenvalue weighted by molar-refractivity contribution is 0.157. The van der Waals surface area contributed by atoms with Crippen LogP contribution < -0.4 is 5.32 Å². The average Bonchev–Trinajstić information content (AvgIpc) is 2.88. The highest BCUT2D eigenvalue weighted by molar-refractivity contribution is 7.10. The molecule has 2 aliphatic heterocycles. The van der Waals surface area contributed by atoms with Crippen molar-refractivity contribution in [3.63, 3.8) is 0 Å². The zero-order valence-electron chi connectivity index (χ0n) is 9.29. The Morgan fingerprint density at radius 2 is 2.44 bits per heavy atom. The van der Waals surface area contributed by atoms with Gasteiger partial charge in [0, 0.05) is 30.6 Å². The number of halogens is 1. The van der Waals surface area contributed by atoms with E-state index < -0.39 is 0 Å². The second-order valence-electron chi connectivity index (χ2n) is 4.82. The summed E-state index contributed by atoms with van der Waals surface area (Å²) in [6, 6.07) is 2.79. The minimum atomic E-state index is 0.787. The summed E-state index contributed by atoms with van der Waals surface area (Å²) in [5.74, 6) is 0.868. The molecule has 0 aliphatic carbocycles. The van der Waals surface area contributed by atoms with Gasteiger partial charge in [0.15, 0.2) is 0 Å². The number of thiophene rings is 1. The van der Waals surface area contributed by atoms with Crippen LogP contribution in [0, 0.1) is 5.92 Å². The van der Waals surface area contributed by atoms with Gasteiger partial charge in [-0.3, -0.25) is 4.90 Å². The molecule has 0 spiro atoms. The third kappa shape index (κ3) is 2.14. The summed E-state index contributed by atoms with van der Waals surface area (Å²) in [6.07, 6.45) is 2.65. The van der Waals surface area contributed by atoms with Crippen molar-refractivity contribution in [1.29, 1.82) is 0 Å². The lowest BCUT2D eigenvalue weighted by atomic mass is 9.93. The summed E-state index contributed by atoms with van der Waals surface area (Å²) in [5.41, 5.74) is 0. The summed E-state index contributed by atoms with van der Waals surface area (Å²) in [4.78, 5) is 3.89. The third-order valence-corrected chi connectivity index (χ3v) is 5.17. The predicted octanol–water partition coefficient (Wildman–Crippen LogP) is 2.59. The highest BCUT2D eigenvalue weighted by atomic mass is 35.5. The van der Waals surface area contributed by atoms with E-state index in [-0.39, 0.29) is 0 Å². The van der Waals surface area contributed by atoms with Gasteiger partial charge in [-0.1, -0.05) is 11.6 Å². The Morgan fingerprint density at radius 3 is 3.25 bits per heavy atom. The van der Waals surface area contributed by atoms with Crippen LogP contribution in [0.5, 0.6) is 0 Å². The van der Waals surface area contributed by atoms with Crippen LogP contribution in [0.4, 0.5) is 0 Å². The maximum atomic E-state index is 6.14. The van der Waals surface area contributed by atoms with Gasteiger partial charge < -0.3 is 5.32 Å². The lowest BCUT2D eigenvalue weighted by Gasteiger charge is -2.34. The predicted molar refractivity (Wildman–Crippen MR) is 69.1 cm³/mol. The maximum absolute atomic E-state index is 6.14. The van der Waals surface area contributed by atoms with E-state index in [2.05, 4.69) is 15.6 Å². The minimum Gasteiger partial charge on any atom is -0.314 e. The van der Waals surface area contributed by atoms with Crippen LogP contribution >= 0.6 is 22.9 Å². The van der Waals surface area contributed by atoms with Crippen LogP contribution in [0.2, 0.25) is 5.02 Å². The number of hydrogen-bond acceptors (Lipinski definition) is 3. The van der Waals surface area contributed by atoms with Crippen LogP contribution in [0.15, 0.2) is 11.4 Å². The van der Waals surface area contributed by atoms with E-state index in [0.717, 1.165) is 23.5 Å². The number of rotatable bonds is 2. The molecule has 2 aliphatic rings. The molecule has 2 fully saturated rings. The van der Waals surface area contributed by atoms with Crippen molar-refractivity contribution in [3.05, 3.63) is 21.3 Å². The molecule has 4 heteroatoms. The molecular weight excluding hydrogens is 240 g/mol. The van der Waals surface area contributed by atoms with Crippen molar-refractivity contribution in [2.45, 2.75) is 25.4 Å². The van der Waals surface area contributed by atoms with E-state index in [1.54, 1.807) is 11.3 Å². The first kappa shape index (κ1) is 11.0. The summed E-state index contributed by atoms with van der Waals surface area (Å²) in [5, 5.41) is 6.63. The highest BCUT2D eigenvalue weighted by Gasteiger charge is 2.32. The van der Waals surface area contributed by atoms with Gasteiger partial charge in [0.1, 0.15) is 0 Å². The molecule has 16 heavy (non-hydrogen) atoms. The molecule has 3 rings (SSSR count). The van der Waals surface area contributed by atoms with E-state index in [0.29, 0.717) is 0 Å². The molecule has 0 saturated carbocycles. The number of piperidine rings is 1. The summed E-state index contributed by atoms with van der Waals surface area (Å²) >= 11 is 7.92. The molecule has 2 unspecified atom stereocenters. The smallest absolute Gasteiger partial charge is 0.0558 e. The van der Waals surface area contributed by atoms with Gasteiger partial charge in [-0.15, -0.1) is 11.3 Å². The van der Waals surface area contributed by atoms with Gasteiger partial charge in [-0.05, 0) is 36.8 Å². The summed E-state index contributed by atoms with van der Waals surface area (Å²) in [7, 11) is 0. The van der Waals surface area contributed by atoms with Gasteiger partial charge in [0.05, 0.1) is 5.02 Å². The van der Waals surface area contributed by atoms with Crippen molar-refractivity contribution >= 4 is 22.9 Å². The minimum absolute atomic E-state index is 0.787. The molecule has 2 atom stereocenters. The largest absolute Gasteiger partial charge is 0.314 e. The molecule has 0 bridgehead atoms. The normalized spacial score (nSPS) is 30.6. The number of likely N-dealkylation sites (tertiary alicyclic amines) is 1. The summed E-state index contributed by atoms with van der Waals surface area (Å²) < 4.78 is 0. The van der Waals surface area contributed by atoms with E-state index in [1.807, 2.05) is 6.07 Å². The summed E-state index contributed by atoms with van der Waals surface area (Å²) in [6.45, 7) is 4.71. The zero-order valence-corrected chi connectivity index (χ0v) is 10.9. The Kier molecular flexibility index (Phi) is 3.20. The number of nitrogens with one attached hydrogen (secondary N) is 1. The average molecular weight is 257 g/mol. The van der Waals surface area contributed by atoms with E-state index in [9.17, 15) is 0 Å². The van der Waals surface area contributed by atoms with Crippen molar-refractivity contribution < 1.29 is 0 Å². The fourth-order valence-corrected chi connectivity index (χ4v) is 4.04. The second-order valence-corrected chi connectivity index (χ2v) is 6.23. The van der Waals surface area contributed by atoms with Crippen LogP contribution in [-0.2, 0) is 6.54 Å². The molecule has 2 nitrogen and oxygen atoms in total. The third-order valence-electron chi connectivity index (χ3n) is 3.80.